The maximum Gasteiger partial charge on any atom is 0.265 e. The summed E-state index contributed by atoms with van der Waals surface area (Å²) in [5.74, 6) is -0.550. The van der Waals surface area contributed by atoms with Crippen LogP contribution in [0.3, 0.4) is 0 Å². The molecule has 0 aliphatic heterocycles. The minimum Gasteiger partial charge on any atom is -0.481 e. The number of anilines is 1. The van der Waals surface area contributed by atoms with Gasteiger partial charge in [-0.15, -0.1) is 0 Å². The lowest BCUT2D eigenvalue weighted by molar-refractivity contribution is -0.122. The number of hydrogen-bond donors (Lipinski definition) is 1. The summed E-state index contributed by atoms with van der Waals surface area (Å²) in [5.41, 5.74) is 1.88. The molecule has 0 aromatic heterocycles. The number of benzene rings is 3. The summed E-state index contributed by atoms with van der Waals surface area (Å²) in [5, 5.41) is 11.5. The molecule has 3 aromatic carbocycles. The van der Waals surface area contributed by atoms with E-state index in [4.69, 9.17) is 10.00 Å². The number of nitrogens with zero attached hydrogens (tertiary/aromatic N) is 1. The Morgan fingerprint density at radius 3 is 2.03 bits per heavy atom. The van der Waals surface area contributed by atoms with Crippen molar-refractivity contribution in [3.8, 4) is 11.8 Å². The summed E-state index contributed by atoms with van der Waals surface area (Å²) >= 11 is 0. The number of nitrogens with one attached hydrogen (secondary N) is 1. The number of nitriles is 1. The maximum atomic E-state index is 13.0. The second-order valence-corrected chi connectivity index (χ2v) is 6.30. The fourth-order valence-electron chi connectivity index (χ4n) is 2.58. The fraction of sp³-hybridized carbons (Fsp3) is 0.0870. The van der Waals surface area contributed by atoms with Crippen LogP contribution in [-0.4, -0.2) is 17.8 Å². The second-order valence-electron chi connectivity index (χ2n) is 6.30. The molecule has 0 bridgehead atoms. The van der Waals surface area contributed by atoms with Gasteiger partial charge in [0.2, 0.25) is 0 Å². The second kappa shape index (κ2) is 8.81. The van der Waals surface area contributed by atoms with Gasteiger partial charge in [-0.2, -0.15) is 5.26 Å². The quantitative estimate of drug-likeness (QED) is 0.638. The Kier molecular flexibility index (Phi) is 6.00. The van der Waals surface area contributed by atoms with E-state index in [9.17, 15) is 14.0 Å². The van der Waals surface area contributed by atoms with Gasteiger partial charge in [0, 0.05) is 16.8 Å². The van der Waals surface area contributed by atoms with Crippen molar-refractivity contribution in [2.45, 2.75) is 13.0 Å². The zero-order valence-electron chi connectivity index (χ0n) is 15.6. The molecule has 0 unspecified atom stereocenters. The predicted molar refractivity (Wildman–Crippen MR) is 106 cm³/mol. The Hall–Kier alpha value is -3.98. The average Bonchev–Trinajstić information content (AvgIpc) is 2.75. The molecule has 6 heteroatoms. The summed E-state index contributed by atoms with van der Waals surface area (Å²) in [6, 6.07) is 20.2. The molecule has 3 rings (SSSR count). The van der Waals surface area contributed by atoms with Crippen molar-refractivity contribution < 1.29 is 18.7 Å². The Bertz CT molecular complexity index is 1050. The molecule has 29 heavy (non-hydrogen) atoms. The molecule has 0 aliphatic carbocycles. The van der Waals surface area contributed by atoms with Crippen LogP contribution in [-0.2, 0) is 4.79 Å². The highest BCUT2D eigenvalue weighted by molar-refractivity contribution is 6.09. The number of amides is 1. The molecule has 3 aromatic rings. The van der Waals surface area contributed by atoms with Gasteiger partial charge in [-0.3, -0.25) is 9.59 Å². The Morgan fingerprint density at radius 2 is 1.48 bits per heavy atom. The zero-order valence-corrected chi connectivity index (χ0v) is 15.6. The average molecular weight is 388 g/mol. The molecule has 0 radical (unpaired) electrons. The first-order valence-corrected chi connectivity index (χ1v) is 8.84. The van der Waals surface area contributed by atoms with Crippen molar-refractivity contribution in [1.29, 1.82) is 5.26 Å². The molecular weight excluding hydrogens is 371 g/mol. The van der Waals surface area contributed by atoms with Crippen LogP contribution in [0.4, 0.5) is 10.1 Å². The summed E-state index contributed by atoms with van der Waals surface area (Å²) in [6.45, 7) is 1.61. The molecule has 0 fully saturated rings. The fourth-order valence-corrected chi connectivity index (χ4v) is 2.58. The van der Waals surface area contributed by atoms with Crippen LogP contribution in [0.5, 0.6) is 5.75 Å². The molecular formula is C23H17FN2O3. The van der Waals surface area contributed by atoms with Gasteiger partial charge in [0.15, 0.2) is 11.9 Å². The van der Waals surface area contributed by atoms with E-state index in [-0.39, 0.29) is 11.7 Å². The number of carbonyl (C=O) groups excluding carboxylic acids is 2. The first kappa shape index (κ1) is 19.8. The van der Waals surface area contributed by atoms with Crippen LogP contribution in [0.25, 0.3) is 0 Å². The minimum absolute atomic E-state index is 0.233. The van der Waals surface area contributed by atoms with E-state index in [1.165, 1.54) is 24.3 Å². The third-order valence-electron chi connectivity index (χ3n) is 4.19. The summed E-state index contributed by atoms with van der Waals surface area (Å²) in [4.78, 5) is 24.7. The van der Waals surface area contributed by atoms with Crippen LogP contribution < -0.4 is 10.1 Å². The number of carbonyl (C=O) groups is 2. The van der Waals surface area contributed by atoms with Gasteiger partial charge in [0.1, 0.15) is 11.6 Å². The highest BCUT2D eigenvalue weighted by Gasteiger charge is 2.16. The molecule has 0 aliphatic rings. The SMILES string of the molecule is C[C@H](Oc1ccc(C(=O)c2ccc(F)cc2)cc1)C(=O)Nc1ccc(C#N)cc1. The van der Waals surface area contributed by atoms with Gasteiger partial charge in [0.25, 0.3) is 5.91 Å². The minimum atomic E-state index is -0.774. The number of rotatable bonds is 6. The van der Waals surface area contributed by atoms with Crippen LogP contribution in [0.1, 0.15) is 28.4 Å². The van der Waals surface area contributed by atoms with Gasteiger partial charge in [0.05, 0.1) is 11.6 Å². The summed E-state index contributed by atoms with van der Waals surface area (Å²) < 4.78 is 18.6. The van der Waals surface area contributed by atoms with Crippen LogP contribution in [0.15, 0.2) is 72.8 Å². The summed E-state index contributed by atoms with van der Waals surface area (Å²) in [7, 11) is 0. The van der Waals surface area contributed by atoms with Gasteiger partial charge >= 0.3 is 0 Å². The van der Waals surface area contributed by atoms with Gasteiger partial charge in [-0.05, 0) is 79.7 Å². The van der Waals surface area contributed by atoms with Crippen molar-refractivity contribution in [2.75, 3.05) is 5.32 Å². The molecule has 0 spiro atoms. The Morgan fingerprint density at radius 1 is 0.931 bits per heavy atom. The Balaban J connectivity index is 1.60. The lowest BCUT2D eigenvalue weighted by atomic mass is 10.0. The highest BCUT2D eigenvalue weighted by Crippen LogP contribution is 2.18. The standard InChI is InChI=1S/C23H17FN2O3/c1-15(23(28)26-20-10-2-16(14-25)3-11-20)29-21-12-6-18(7-13-21)22(27)17-4-8-19(24)9-5-17/h2-13,15H,1H3,(H,26,28)/t15-/m0/s1. The van der Waals surface area contributed by atoms with E-state index in [2.05, 4.69) is 5.32 Å². The number of halogens is 1. The third-order valence-corrected chi connectivity index (χ3v) is 4.19. The van der Waals surface area contributed by atoms with Crippen molar-refractivity contribution >= 4 is 17.4 Å². The normalized spacial score (nSPS) is 11.2. The van der Waals surface area contributed by atoms with Crippen LogP contribution in [0, 0.1) is 17.1 Å². The smallest absolute Gasteiger partial charge is 0.265 e. The van der Waals surface area contributed by atoms with E-state index in [0.717, 1.165) is 0 Å². The molecule has 0 saturated heterocycles. The maximum absolute atomic E-state index is 13.0. The molecule has 1 amide bonds. The lowest BCUT2D eigenvalue weighted by Crippen LogP contribution is -2.30. The van der Waals surface area contributed by atoms with Gasteiger partial charge in [-0.1, -0.05) is 0 Å². The molecule has 5 nitrogen and oxygen atoms in total. The molecule has 1 N–H and O–H groups in total. The number of ether oxygens (including phenoxy) is 1. The topological polar surface area (TPSA) is 79.2 Å². The molecule has 1 atom stereocenters. The molecule has 0 heterocycles. The van der Waals surface area contributed by atoms with Gasteiger partial charge in [-0.25, -0.2) is 4.39 Å². The first-order valence-electron chi connectivity index (χ1n) is 8.84. The zero-order chi connectivity index (χ0) is 20.8. The first-order chi connectivity index (χ1) is 14.0. The number of hydrogen-bond acceptors (Lipinski definition) is 4. The Labute approximate surface area is 167 Å². The van der Waals surface area contributed by atoms with Crippen molar-refractivity contribution in [3.05, 3.63) is 95.3 Å². The largest absolute Gasteiger partial charge is 0.481 e. The van der Waals surface area contributed by atoms with E-state index in [1.54, 1.807) is 55.5 Å². The van der Waals surface area contributed by atoms with E-state index in [1.807, 2.05) is 6.07 Å². The van der Waals surface area contributed by atoms with E-state index >= 15 is 0 Å². The molecule has 144 valence electrons. The highest BCUT2D eigenvalue weighted by atomic mass is 19.1. The lowest BCUT2D eigenvalue weighted by Gasteiger charge is -2.15. The third kappa shape index (κ3) is 5.05. The predicted octanol–water partition coefficient (Wildman–Crippen LogP) is 4.33. The van der Waals surface area contributed by atoms with Gasteiger partial charge < -0.3 is 10.1 Å². The van der Waals surface area contributed by atoms with Crippen LogP contribution in [0.2, 0.25) is 0 Å². The van der Waals surface area contributed by atoms with Crippen molar-refractivity contribution in [1.82, 2.24) is 0 Å². The van der Waals surface area contributed by atoms with Crippen molar-refractivity contribution in [2.24, 2.45) is 0 Å². The monoisotopic (exact) mass is 388 g/mol. The van der Waals surface area contributed by atoms with E-state index < -0.39 is 11.9 Å². The van der Waals surface area contributed by atoms with Crippen molar-refractivity contribution in [3.63, 3.8) is 0 Å². The summed E-state index contributed by atoms with van der Waals surface area (Å²) in [6.07, 6.45) is -0.774. The van der Waals surface area contributed by atoms with Crippen LogP contribution >= 0.6 is 0 Å². The number of ketones is 1. The molecule has 0 saturated carbocycles. The van der Waals surface area contributed by atoms with E-state index in [0.29, 0.717) is 28.1 Å².